The molecule has 0 bridgehead atoms. The van der Waals surface area contributed by atoms with Gasteiger partial charge in [-0.15, -0.1) is 0 Å². The second-order valence-electron chi connectivity index (χ2n) is 5.29. The van der Waals surface area contributed by atoms with Crippen LogP contribution in [0.2, 0.25) is 0 Å². The van der Waals surface area contributed by atoms with Gasteiger partial charge in [0.25, 0.3) is 0 Å². The van der Waals surface area contributed by atoms with Crippen molar-refractivity contribution in [2.45, 2.75) is 77.3 Å². The Kier molecular flexibility index (Phi) is 5.44. The van der Waals surface area contributed by atoms with Gasteiger partial charge in [0.15, 0.2) is 0 Å². The summed E-state index contributed by atoms with van der Waals surface area (Å²) in [5, 5.41) is 9.72. The van der Waals surface area contributed by atoms with Crippen LogP contribution in [0.15, 0.2) is 0 Å². The standard InChI is InChI=1S/C14H27NO2/c1-4-12(3)15(5-2)14(13(16)17)10-8-6-7-9-11-14/h12H,4-11H2,1-3H3,(H,16,17). The molecule has 1 aliphatic rings. The number of hydrogen-bond acceptors (Lipinski definition) is 2. The van der Waals surface area contributed by atoms with Crippen molar-refractivity contribution in [3.63, 3.8) is 0 Å². The normalized spacial score (nSPS) is 22.1. The van der Waals surface area contributed by atoms with Gasteiger partial charge in [0.1, 0.15) is 5.54 Å². The van der Waals surface area contributed by atoms with Gasteiger partial charge in [-0.1, -0.05) is 39.5 Å². The first kappa shape index (κ1) is 14.5. The topological polar surface area (TPSA) is 40.5 Å². The number of carbonyl (C=O) groups is 1. The number of likely N-dealkylation sites (N-methyl/N-ethyl adjacent to an activating group) is 1. The maximum absolute atomic E-state index is 11.8. The highest BCUT2D eigenvalue weighted by Crippen LogP contribution is 2.34. The van der Waals surface area contributed by atoms with E-state index in [0.717, 1.165) is 38.6 Å². The largest absolute Gasteiger partial charge is 0.480 e. The lowest BCUT2D eigenvalue weighted by Gasteiger charge is -2.43. The molecule has 1 atom stereocenters. The molecular formula is C14H27NO2. The molecule has 1 fully saturated rings. The molecular weight excluding hydrogens is 214 g/mol. The van der Waals surface area contributed by atoms with E-state index in [2.05, 4.69) is 25.7 Å². The predicted molar refractivity (Wildman–Crippen MR) is 70.2 cm³/mol. The molecule has 0 saturated heterocycles. The smallest absolute Gasteiger partial charge is 0.324 e. The van der Waals surface area contributed by atoms with Crippen molar-refractivity contribution >= 4 is 5.97 Å². The van der Waals surface area contributed by atoms with Gasteiger partial charge in [0.2, 0.25) is 0 Å². The monoisotopic (exact) mass is 241 g/mol. The van der Waals surface area contributed by atoms with E-state index in [-0.39, 0.29) is 0 Å². The van der Waals surface area contributed by atoms with E-state index in [1.165, 1.54) is 12.8 Å². The lowest BCUT2D eigenvalue weighted by Crippen LogP contribution is -2.57. The minimum atomic E-state index is -0.610. The number of carboxylic acid groups (broad SMARTS) is 1. The van der Waals surface area contributed by atoms with Crippen molar-refractivity contribution in [3.05, 3.63) is 0 Å². The zero-order valence-corrected chi connectivity index (χ0v) is 11.5. The fraction of sp³-hybridized carbons (Fsp3) is 0.929. The van der Waals surface area contributed by atoms with Crippen LogP contribution in [0, 0.1) is 0 Å². The van der Waals surface area contributed by atoms with Gasteiger partial charge in [-0.3, -0.25) is 9.69 Å². The van der Waals surface area contributed by atoms with Crippen molar-refractivity contribution in [2.24, 2.45) is 0 Å². The molecule has 0 radical (unpaired) electrons. The molecule has 1 saturated carbocycles. The molecule has 1 N–H and O–H groups in total. The van der Waals surface area contributed by atoms with Crippen LogP contribution >= 0.6 is 0 Å². The Morgan fingerprint density at radius 2 is 1.76 bits per heavy atom. The van der Waals surface area contributed by atoms with Gasteiger partial charge in [0, 0.05) is 6.04 Å². The quantitative estimate of drug-likeness (QED) is 0.751. The van der Waals surface area contributed by atoms with Crippen LogP contribution in [0.3, 0.4) is 0 Å². The summed E-state index contributed by atoms with van der Waals surface area (Å²) < 4.78 is 0. The summed E-state index contributed by atoms with van der Waals surface area (Å²) in [7, 11) is 0. The van der Waals surface area contributed by atoms with Gasteiger partial charge in [0.05, 0.1) is 0 Å². The molecule has 3 heteroatoms. The lowest BCUT2D eigenvalue weighted by atomic mass is 9.86. The molecule has 0 aromatic carbocycles. The van der Waals surface area contributed by atoms with Crippen LogP contribution in [-0.4, -0.2) is 34.1 Å². The highest BCUT2D eigenvalue weighted by Gasteiger charge is 2.44. The third-order valence-electron chi connectivity index (χ3n) is 4.34. The van der Waals surface area contributed by atoms with Gasteiger partial charge >= 0.3 is 5.97 Å². The van der Waals surface area contributed by atoms with E-state index in [9.17, 15) is 9.90 Å². The molecule has 1 unspecified atom stereocenters. The van der Waals surface area contributed by atoms with Crippen LogP contribution < -0.4 is 0 Å². The third-order valence-corrected chi connectivity index (χ3v) is 4.34. The first-order chi connectivity index (χ1) is 8.08. The molecule has 1 aliphatic carbocycles. The van der Waals surface area contributed by atoms with Crippen LogP contribution in [-0.2, 0) is 4.79 Å². The van der Waals surface area contributed by atoms with E-state index in [4.69, 9.17) is 0 Å². The van der Waals surface area contributed by atoms with Crippen LogP contribution in [0.4, 0.5) is 0 Å². The van der Waals surface area contributed by atoms with Crippen molar-refractivity contribution in [3.8, 4) is 0 Å². The van der Waals surface area contributed by atoms with Crippen LogP contribution in [0.5, 0.6) is 0 Å². The Morgan fingerprint density at radius 1 is 1.24 bits per heavy atom. The second kappa shape index (κ2) is 6.39. The summed E-state index contributed by atoms with van der Waals surface area (Å²) in [5.41, 5.74) is -0.597. The van der Waals surface area contributed by atoms with Crippen molar-refractivity contribution < 1.29 is 9.90 Å². The Bertz CT molecular complexity index is 245. The number of aliphatic carboxylic acids is 1. The number of rotatable bonds is 5. The summed E-state index contributed by atoms with van der Waals surface area (Å²) in [6, 6.07) is 0.356. The fourth-order valence-corrected chi connectivity index (χ4v) is 3.19. The summed E-state index contributed by atoms with van der Waals surface area (Å²) in [5.74, 6) is -0.610. The SMILES string of the molecule is CCC(C)N(CC)C1(C(=O)O)CCCCCC1. The average Bonchev–Trinajstić information content (AvgIpc) is 2.56. The molecule has 0 aromatic rings. The van der Waals surface area contributed by atoms with E-state index in [1.807, 2.05) is 0 Å². The van der Waals surface area contributed by atoms with Crippen molar-refractivity contribution in [1.82, 2.24) is 4.90 Å². The van der Waals surface area contributed by atoms with E-state index in [0.29, 0.717) is 6.04 Å². The summed E-state index contributed by atoms with van der Waals surface area (Å²) >= 11 is 0. The fourth-order valence-electron chi connectivity index (χ4n) is 3.19. The molecule has 1 rings (SSSR count). The highest BCUT2D eigenvalue weighted by molar-refractivity contribution is 5.78. The summed E-state index contributed by atoms with van der Waals surface area (Å²) in [6.07, 6.45) is 7.14. The molecule has 17 heavy (non-hydrogen) atoms. The van der Waals surface area contributed by atoms with Gasteiger partial charge in [-0.25, -0.2) is 0 Å². The van der Waals surface area contributed by atoms with E-state index >= 15 is 0 Å². The van der Waals surface area contributed by atoms with Gasteiger partial charge < -0.3 is 5.11 Å². The van der Waals surface area contributed by atoms with Crippen LogP contribution in [0.1, 0.15) is 65.7 Å². The van der Waals surface area contributed by atoms with E-state index < -0.39 is 11.5 Å². The molecule has 0 heterocycles. The highest BCUT2D eigenvalue weighted by atomic mass is 16.4. The second-order valence-corrected chi connectivity index (χ2v) is 5.29. The maximum atomic E-state index is 11.8. The minimum absolute atomic E-state index is 0.356. The van der Waals surface area contributed by atoms with Crippen molar-refractivity contribution in [1.29, 1.82) is 0 Å². The number of carboxylic acids is 1. The average molecular weight is 241 g/mol. The summed E-state index contributed by atoms with van der Waals surface area (Å²) in [4.78, 5) is 14.0. The van der Waals surface area contributed by atoms with Gasteiger partial charge in [-0.2, -0.15) is 0 Å². The summed E-state index contributed by atoms with van der Waals surface area (Å²) in [6.45, 7) is 7.21. The lowest BCUT2D eigenvalue weighted by molar-refractivity contribution is -0.154. The Labute approximate surface area is 105 Å². The Hall–Kier alpha value is -0.570. The first-order valence-corrected chi connectivity index (χ1v) is 7.08. The molecule has 0 spiro atoms. The molecule has 0 aromatic heterocycles. The Morgan fingerprint density at radius 3 is 2.12 bits per heavy atom. The Balaban J connectivity index is 2.98. The molecule has 100 valence electrons. The zero-order chi connectivity index (χ0) is 12.9. The van der Waals surface area contributed by atoms with Crippen molar-refractivity contribution in [2.75, 3.05) is 6.54 Å². The van der Waals surface area contributed by atoms with Gasteiger partial charge in [-0.05, 0) is 32.7 Å². The minimum Gasteiger partial charge on any atom is -0.480 e. The number of nitrogens with zero attached hydrogens (tertiary/aromatic N) is 1. The molecule has 3 nitrogen and oxygen atoms in total. The third kappa shape index (κ3) is 3.01. The van der Waals surface area contributed by atoms with E-state index in [1.54, 1.807) is 0 Å². The number of hydrogen-bond donors (Lipinski definition) is 1. The zero-order valence-electron chi connectivity index (χ0n) is 11.5. The molecule has 0 amide bonds. The maximum Gasteiger partial charge on any atom is 0.324 e. The molecule has 0 aliphatic heterocycles. The first-order valence-electron chi connectivity index (χ1n) is 7.08. The predicted octanol–water partition coefficient (Wildman–Crippen LogP) is 3.28. The van der Waals surface area contributed by atoms with Crippen LogP contribution in [0.25, 0.3) is 0 Å².